The number of benzene rings is 1. The number of hydrogen-bond acceptors (Lipinski definition) is 7. The molecule has 0 bridgehead atoms. The fourth-order valence-corrected chi connectivity index (χ4v) is 4.31. The minimum absolute atomic E-state index is 0.0911. The molecule has 1 aliphatic rings. The number of carbonyl (C=O) groups is 1. The van der Waals surface area contributed by atoms with Gasteiger partial charge in [-0.25, -0.2) is 19.9 Å². The van der Waals surface area contributed by atoms with Crippen LogP contribution in [0.3, 0.4) is 0 Å². The van der Waals surface area contributed by atoms with E-state index in [1.165, 1.54) is 6.33 Å². The first kappa shape index (κ1) is 20.4. The molecule has 1 saturated heterocycles. The summed E-state index contributed by atoms with van der Waals surface area (Å²) < 4.78 is 1.79. The van der Waals surface area contributed by atoms with Crippen molar-refractivity contribution >= 4 is 33.9 Å². The number of nitrogens with two attached hydrogens (primary N) is 1. The molecule has 0 saturated carbocycles. The first-order valence-corrected chi connectivity index (χ1v) is 10.7. The number of imidazole rings is 2. The highest BCUT2D eigenvalue weighted by Crippen LogP contribution is 2.34. The number of fused-ring (bicyclic) bond motifs is 2. The molecular formula is C22H26N8O2. The lowest BCUT2D eigenvalue weighted by atomic mass is 9.87. The van der Waals surface area contributed by atoms with Gasteiger partial charge >= 0.3 is 0 Å². The lowest BCUT2D eigenvalue weighted by Gasteiger charge is -2.43. The summed E-state index contributed by atoms with van der Waals surface area (Å²) >= 11 is 0. The number of hydrogen-bond donors (Lipinski definition) is 3. The molecule has 10 nitrogen and oxygen atoms in total. The van der Waals surface area contributed by atoms with Crippen molar-refractivity contribution in [3.63, 3.8) is 0 Å². The maximum Gasteiger partial charge on any atom is 0.254 e. The van der Waals surface area contributed by atoms with E-state index in [9.17, 15) is 9.90 Å². The molecule has 2 atom stereocenters. The predicted molar refractivity (Wildman–Crippen MR) is 120 cm³/mol. The monoisotopic (exact) mass is 434 g/mol. The molecule has 1 fully saturated rings. The molecule has 5 rings (SSSR count). The van der Waals surface area contributed by atoms with Gasteiger partial charge in [0.2, 0.25) is 0 Å². The van der Waals surface area contributed by atoms with Gasteiger partial charge in [0.15, 0.2) is 11.5 Å². The van der Waals surface area contributed by atoms with E-state index < -0.39 is 11.6 Å². The van der Waals surface area contributed by atoms with Crippen LogP contribution >= 0.6 is 0 Å². The minimum atomic E-state index is -1.04. The van der Waals surface area contributed by atoms with Crippen molar-refractivity contribution < 1.29 is 9.90 Å². The van der Waals surface area contributed by atoms with E-state index in [4.69, 9.17) is 5.73 Å². The van der Waals surface area contributed by atoms with Crippen molar-refractivity contribution in [1.82, 2.24) is 34.4 Å². The second-order valence-corrected chi connectivity index (χ2v) is 8.97. The Kier molecular flexibility index (Phi) is 4.63. The van der Waals surface area contributed by atoms with E-state index in [0.29, 0.717) is 36.2 Å². The number of nitrogens with one attached hydrogen (secondary N) is 1. The summed E-state index contributed by atoms with van der Waals surface area (Å²) in [5, 5.41) is 11.1. The number of nitrogen functional groups attached to an aromatic ring is 1. The molecule has 0 aliphatic carbocycles. The molecule has 1 amide bonds. The third-order valence-electron chi connectivity index (χ3n) is 6.30. The molecule has 10 heteroatoms. The molecule has 4 heterocycles. The van der Waals surface area contributed by atoms with E-state index in [0.717, 1.165) is 16.9 Å². The van der Waals surface area contributed by atoms with Gasteiger partial charge in [-0.15, -0.1) is 0 Å². The number of H-pyrrole nitrogens is 1. The standard InChI is InChI=1S/C22H26N8O2/c1-12(2)19-27-14-5-4-13(8-15(14)28-19)21(31)29-7-6-22(3,32)16(9-29)30-11-26-17-18(23)24-10-25-20(17)30/h4-5,8,10-12,16,32H,6-7,9H2,1-3H3,(H,27,28)(H2,23,24,25)/t16-,22-/m1/s1. The van der Waals surface area contributed by atoms with E-state index in [1.54, 1.807) is 28.8 Å². The fourth-order valence-electron chi connectivity index (χ4n) is 4.31. The SMILES string of the molecule is CC(C)c1nc2ccc(C(=O)N3CC[C@@](C)(O)[C@H](n4cnc5c(N)ncnc54)C3)cc2[nH]1. The summed E-state index contributed by atoms with van der Waals surface area (Å²) in [7, 11) is 0. The highest BCUT2D eigenvalue weighted by atomic mass is 16.3. The quantitative estimate of drug-likeness (QED) is 0.449. The number of aliphatic hydroxyl groups is 1. The first-order valence-electron chi connectivity index (χ1n) is 10.7. The number of aromatic amines is 1. The second-order valence-electron chi connectivity index (χ2n) is 8.97. The van der Waals surface area contributed by atoms with Crippen molar-refractivity contribution in [2.24, 2.45) is 0 Å². The smallest absolute Gasteiger partial charge is 0.254 e. The Balaban J connectivity index is 1.46. The Morgan fingerprint density at radius 2 is 2.12 bits per heavy atom. The van der Waals surface area contributed by atoms with Crippen LogP contribution in [0.15, 0.2) is 30.9 Å². The molecule has 32 heavy (non-hydrogen) atoms. The van der Waals surface area contributed by atoms with Gasteiger partial charge in [-0.05, 0) is 31.5 Å². The Morgan fingerprint density at radius 1 is 1.31 bits per heavy atom. The molecule has 4 N–H and O–H groups in total. The third kappa shape index (κ3) is 3.27. The number of likely N-dealkylation sites (tertiary alicyclic amines) is 1. The molecular weight excluding hydrogens is 408 g/mol. The summed E-state index contributed by atoms with van der Waals surface area (Å²) in [4.78, 5) is 35.6. The van der Waals surface area contributed by atoms with Crippen molar-refractivity contribution in [3.8, 4) is 0 Å². The maximum absolute atomic E-state index is 13.4. The molecule has 0 spiro atoms. The normalized spacial score (nSPS) is 21.7. The van der Waals surface area contributed by atoms with Crippen molar-refractivity contribution in [3.05, 3.63) is 42.2 Å². The lowest BCUT2D eigenvalue weighted by Crippen LogP contribution is -2.52. The van der Waals surface area contributed by atoms with Crippen LogP contribution in [-0.4, -0.2) is 64.1 Å². The minimum Gasteiger partial charge on any atom is -0.388 e. The maximum atomic E-state index is 13.4. The van der Waals surface area contributed by atoms with E-state index in [2.05, 4.69) is 38.8 Å². The molecule has 1 aromatic carbocycles. The van der Waals surface area contributed by atoms with Crippen LogP contribution in [0.5, 0.6) is 0 Å². The van der Waals surface area contributed by atoms with Crippen molar-refractivity contribution in [2.45, 2.75) is 44.8 Å². The van der Waals surface area contributed by atoms with Gasteiger partial charge in [0.1, 0.15) is 17.7 Å². The Bertz CT molecular complexity index is 1320. The topological polar surface area (TPSA) is 139 Å². The van der Waals surface area contributed by atoms with Gasteiger partial charge in [0, 0.05) is 24.6 Å². The van der Waals surface area contributed by atoms with Crippen LogP contribution in [0.4, 0.5) is 5.82 Å². The summed E-state index contributed by atoms with van der Waals surface area (Å²) in [6, 6.07) is 5.09. The molecule has 0 radical (unpaired) electrons. The van der Waals surface area contributed by atoms with Gasteiger partial charge in [-0.2, -0.15) is 0 Å². The molecule has 166 valence electrons. The summed E-state index contributed by atoms with van der Waals surface area (Å²) in [6.45, 7) is 6.69. The van der Waals surface area contributed by atoms with E-state index >= 15 is 0 Å². The fraction of sp³-hybridized carbons (Fsp3) is 0.409. The van der Waals surface area contributed by atoms with Crippen molar-refractivity contribution in [1.29, 1.82) is 0 Å². The number of rotatable bonds is 3. The Hall–Kier alpha value is -3.53. The third-order valence-corrected chi connectivity index (χ3v) is 6.30. The number of piperidine rings is 1. The molecule has 0 unspecified atom stereocenters. The van der Waals surface area contributed by atoms with E-state index in [1.807, 2.05) is 12.1 Å². The number of amides is 1. The Morgan fingerprint density at radius 3 is 2.91 bits per heavy atom. The number of aromatic nitrogens is 6. The number of anilines is 1. The van der Waals surface area contributed by atoms with Crippen LogP contribution in [0.25, 0.3) is 22.2 Å². The lowest BCUT2D eigenvalue weighted by molar-refractivity contribution is -0.0433. The second kappa shape index (κ2) is 7.27. The van der Waals surface area contributed by atoms with Crippen molar-refractivity contribution in [2.75, 3.05) is 18.8 Å². The van der Waals surface area contributed by atoms with E-state index in [-0.39, 0.29) is 17.6 Å². The van der Waals surface area contributed by atoms with Gasteiger partial charge in [-0.1, -0.05) is 13.8 Å². The van der Waals surface area contributed by atoms with Gasteiger partial charge in [0.05, 0.1) is 29.0 Å². The van der Waals surface area contributed by atoms with Crippen LogP contribution in [0, 0.1) is 0 Å². The first-order chi connectivity index (χ1) is 15.2. The number of nitrogens with zero attached hydrogens (tertiary/aromatic N) is 6. The zero-order valence-corrected chi connectivity index (χ0v) is 18.3. The summed E-state index contributed by atoms with van der Waals surface area (Å²) in [5.41, 5.74) is 8.17. The van der Waals surface area contributed by atoms with Crippen LogP contribution in [0.2, 0.25) is 0 Å². The zero-order chi connectivity index (χ0) is 22.6. The zero-order valence-electron chi connectivity index (χ0n) is 18.3. The van der Waals surface area contributed by atoms with Gasteiger partial charge in [0.25, 0.3) is 5.91 Å². The molecule has 3 aromatic heterocycles. The largest absolute Gasteiger partial charge is 0.388 e. The van der Waals surface area contributed by atoms with Crippen LogP contribution < -0.4 is 5.73 Å². The predicted octanol–water partition coefficient (Wildman–Crippen LogP) is 2.25. The van der Waals surface area contributed by atoms with Crippen LogP contribution in [0.1, 0.15) is 55.3 Å². The van der Waals surface area contributed by atoms with Gasteiger partial charge in [-0.3, -0.25) is 4.79 Å². The molecule has 4 aromatic rings. The summed E-state index contributed by atoms with van der Waals surface area (Å²) in [5.74, 6) is 1.36. The average Bonchev–Trinajstić information content (AvgIpc) is 3.38. The molecule has 1 aliphatic heterocycles. The van der Waals surface area contributed by atoms with Crippen LogP contribution in [-0.2, 0) is 0 Å². The number of carbonyl (C=O) groups excluding carboxylic acids is 1. The van der Waals surface area contributed by atoms with Gasteiger partial charge < -0.3 is 25.3 Å². The Labute approximate surface area is 184 Å². The average molecular weight is 435 g/mol. The summed E-state index contributed by atoms with van der Waals surface area (Å²) in [6.07, 6.45) is 3.40. The highest BCUT2D eigenvalue weighted by Gasteiger charge is 2.41. The highest BCUT2D eigenvalue weighted by molar-refractivity contribution is 5.97.